The Balaban J connectivity index is 2.21. The zero-order chi connectivity index (χ0) is 11.4. The van der Waals surface area contributed by atoms with Crippen molar-refractivity contribution in [3.8, 4) is 5.75 Å². The van der Waals surface area contributed by atoms with E-state index in [1.165, 1.54) is 24.8 Å². The highest BCUT2D eigenvalue weighted by Crippen LogP contribution is 2.35. The molecule has 1 saturated carbocycles. The van der Waals surface area contributed by atoms with Crippen LogP contribution in [0.1, 0.15) is 44.6 Å². The summed E-state index contributed by atoms with van der Waals surface area (Å²) in [5.41, 5.74) is 7.60. The van der Waals surface area contributed by atoms with Crippen LogP contribution in [0.2, 0.25) is 0 Å². The molecule has 0 atom stereocenters. The van der Waals surface area contributed by atoms with Gasteiger partial charge in [0, 0.05) is 5.54 Å². The Morgan fingerprint density at radius 1 is 1.25 bits per heavy atom. The third-order valence-electron chi connectivity index (χ3n) is 3.47. The van der Waals surface area contributed by atoms with Gasteiger partial charge in [-0.05, 0) is 37.5 Å². The molecule has 0 saturated heterocycles. The van der Waals surface area contributed by atoms with Gasteiger partial charge in [0.05, 0.1) is 6.61 Å². The topological polar surface area (TPSA) is 35.2 Å². The summed E-state index contributed by atoms with van der Waals surface area (Å²) in [6.45, 7) is 2.71. The predicted octanol–water partition coefficient (Wildman–Crippen LogP) is 3.20. The molecule has 0 aliphatic heterocycles. The Labute approximate surface area is 97.8 Å². The van der Waals surface area contributed by atoms with Crippen LogP contribution in [0.3, 0.4) is 0 Å². The molecule has 2 N–H and O–H groups in total. The maximum atomic E-state index is 6.49. The Morgan fingerprint density at radius 3 is 2.69 bits per heavy atom. The van der Waals surface area contributed by atoms with Crippen LogP contribution in [0.5, 0.6) is 5.75 Å². The van der Waals surface area contributed by atoms with Gasteiger partial charge in [-0.3, -0.25) is 0 Å². The van der Waals surface area contributed by atoms with Gasteiger partial charge in [0.2, 0.25) is 0 Å². The Kier molecular flexibility index (Phi) is 3.49. The minimum Gasteiger partial charge on any atom is -0.494 e. The van der Waals surface area contributed by atoms with Crippen LogP contribution in [0, 0.1) is 0 Å². The predicted molar refractivity (Wildman–Crippen MR) is 66.6 cm³/mol. The smallest absolute Gasteiger partial charge is 0.119 e. The normalized spacial score (nSPS) is 19.4. The molecule has 1 aliphatic carbocycles. The van der Waals surface area contributed by atoms with Crippen LogP contribution in [0.4, 0.5) is 0 Å². The van der Waals surface area contributed by atoms with Gasteiger partial charge in [-0.1, -0.05) is 31.4 Å². The van der Waals surface area contributed by atoms with E-state index < -0.39 is 0 Å². The van der Waals surface area contributed by atoms with E-state index in [1.54, 1.807) is 0 Å². The van der Waals surface area contributed by atoms with Gasteiger partial charge in [0.1, 0.15) is 5.75 Å². The second kappa shape index (κ2) is 4.88. The van der Waals surface area contributed by atoms with Crippen LogP contribution in [-0.4, -0.2) is 6.61 Å². The number of ether oxygens (including phenoxy) is 1. The van der Waals surface area contributed by atoms with E-state index in [0.29, 0.717) is 6.61 Å². The maximum absolute atomic E-state index is 6.49. The lowest BCUT2D eigenvalue weighted by atomic mass is 9.77. The van der Waals surface area contributed by atoms with Crippen LogP contribution in [0.15, 0.2) is 24.3 Å². The van der Waals surface area contributed by atoms with Crippen molar-refractivity contribution in [1.29, 1.82) is 0 Å². The molecule has 0 radical (unpaired) electrons. The first-order valence-corrected chi connectivity index (χ1v) is 6.27. The molecule has 0 spiro atoms. The molecule has 88 valence electrons. The van der Waals surface area contributed by atoms with Gasteiger partial charge in [0.25, 0.3) is 0 Å². The lowest BCUT2D eigenvalue weighted by Crippen LogP contribution is -2.38. The average molecular weight is 219 g/mol. The third-order valence-corrected chi connectivity index (χ3v) is 3.47. The van der Waals surface area contributed by atoms with Crippen molar-refractivity contribution >= 4 is 0 Å². The molecule has 1 aliphatic rings. The quantitative estimate of drug-likeness (QED) is 0.847. The van der Waals surface area contributed by atoms with Gasteiger partial charge in [-0.15, -0.1) is 0 Å². The highest BCUT2D eigenvalue weighted by molar-refractivity contribution is 5.33. The lowest BCUT2D eigenvalue weighted by molar-refractivity contribution is 0.298. The molecule has 1 aromatic carbocycles. The molecular formula is C14H21NO. The van der Waals surface area contributed by atoms with E-state index in [9.17, 15) is 0 Å². The molecule has 0 aromatic heterocycles. The summed E-state index contributed by atoms with van der Waals surface area (Å²) < 4.78 is 5.53. The molecule has 2 heteroatoms. The fraction of sp³-hybridized carbons (Fsp3) is 0.571. The summed E-state index contributed by atoms with van der Waals surface area (Å²) in [6, 6.07) is 8.28. The van der Waals surface area contributed by atoms with Crippen molar-refractivity contribution in [3.05, 3.63) is 29.8 Å². The third kappa shape index (κ3) is 2.38. The van der Waals surface area contributed by atoms with E-state index in [2.05, 4.69) is 12.1 Å². The van der Waals surface area contributed by atoms with Gasteiger partial charge in [0.15, 0.2) is 0 Å². The number of hydrogen-bond acceptors (Lipinski definition) is 2. The fourth-order valence-corrected chi connectivity index (χ4v) is 2.53. The molecule has 1 fully saturated rings. The number of nitrogens with two attached hydrogens (primary N) is 1. The summed E-state index contributed by atoms with van der Waals surface area (Å²) in [6.07, 6.45) is 6.01. The molecule has 1 aromatic rings. The van der Waals surface area contributed by atoms with Crippen LogP contribution in [0.25, 0.3) is 0 Å². The summed E-state index contributed by atoms with van der Waals surface area (Å²) in [5.74, 6) is 0.940. The summed E-state index contributed by atoms with van der Waals surface area (Å²) >= 11 is 0. The molecule has 0 bridgehead atoms. The van der Waals surface area contributed by atoms with Gasteiger partial charge in [-0.2, -0.15) is 0 Å². The first-order chi connectivity index (χ1) is 7.74. The Morgan fingerprint density at radius 2 is 2.00 bits per heavy atom. The van der Waals surface area contributed by atoms with E-state index >= 15 is 0 Å². The first kappa shape index (κ1) is 11.5. The van der Waals surface area contributed by atoms with Crippen molar-refractivity contribution in [3.63, 3.8) is 0 Å². The Bertz CT molecular complexity index is 342. The summed E-state index contributed by atoms with van der Waals surface area (Å²) in [4.78, 5) is 0. The van der Waals surface area contributed by atoms with Gasteiger partial charge < -0.3 is 10.5 Å². The number of benzene rings is 1. The van der Waals surface area contributed by atoms with Crippen LogP contribution >= 0.6 is 0 Å². The SMILES string of the molecule is CCOc1cccc(C2(N)CCCCC2)c1. The minimum absolute atomic E-state index is 0.120. The van der Waals surface area contributed by atoms with Crippen LogP contribution in [-0.2, 0) is 5.54 Å². The Hall–Kier alpha value is -1.02. The van der Waals surface area contributed by atoms with E-state index in [4.69, 9.17) is 10.5 Å². The average Bonchev–Trinajstić information content (AvgIpc) is 2.31. The van der Waals surface area contributed by atoms with Crippen molar-refractivity contribution in [2.75, 3.05) is 6.61 Å². The molecule has 2 rings (SSSR count). The summed E-state index contributed by atoms with van der Waals surface area (Å²) in [7, 11) is 0. The summed E-state index contributed by atoms with van der Waals surface area (Å²) in [5, 5.41) is 0. The van der Waals surface area contributed by atoms with Crippen molar-refractivity contribution < 1.29 is 4.74 Å². The highest BCUT2D eigenvalue weighted by atomic mass is 16.5. The monoisotopic (exact) mass is 219 g/mol. The number of rotatable bonds is 3. The van der Waals surface area contributed by atoms with E-state index in [0.717, 1.165) is 18.6 Å². The van der Waals surface area contributed by atoms with E-state index in [-0.39, 0.29) is 5.54 Å². The second-order valence-corrected chi connectivity index (χ2v) is 4.68. The van der Waals surface area contributed by atoms with E-state index in [1.807, 2.05) is 19.1 Å². The molecule has 0 unspecified atom stereocenters. The molecular weight excluding hydrogens is 198 g/mol. The maximum Gasteiger partial charge on any atom is 0.119 e. The molecule has 2 nitrogen and oxygen atoms in total. The fourth-order valence-electron chi connectivity index (χ4n) is 2.53. The molecule has 16 heavy (non-hydrogen) atoms. The van der Waals surface area contributed by atoms with Crippen molar-refractivity contribution in [2.24, 2.45) is 5.73 Å². The zero-order valence-electron chi connectivity index (χ0n) is 10.0. The first-order valence-electron chi connectivity index (χ1n) is 6.27. The van der Waals surface area contributed by atoms with Crippen molar-refractivity contribution in [2.45, 2.75) is 44.6 Å². The number of hydrogen-bond donors (Lipinski definition) is 1. The molecule has 0 amide bonds. The molecule has 0 heterocycles. The van der Waals surface area contributed by atoms with Crippen molar-refractivity contribution in [1.82, 2.24) is 0 Å². The lowest BCUT2D eigenvalue weighted by Gasteiger charge is -2.34. The van der Waals surface area contributed by atoms with Gasteiger partial charge >= 0.3 is 0 Å². The second-order valence-electron chi connectivity index (χ2n) is 4.68. The largest absolute Gasteiger partial charge is 0.494 e. The minimum atomic E-state index is -0.120. The standard InChI is InChI=1S/C14H21NO/c1-2-16-13-8-6-7-12(11-13)14(15)9-4-3-5-10-14/h6-8,11H,2-5,9-10,15H2,1H3. The zero-order valence-corrected chi connectivity index (χ0v) is 10.0. The highest BCUT2D eigenvalue weighted by Gasteiger charge is 2.29. The van der Waals surface area contributed by atoms with Crippen LogP contribution < -0.4 is 10.5 Å². The van der Waals surface area contributed by atoms with Gasteiger partial charge in [-0.25, -0.2) is 0 Å².